The van der Waals surface area contributed by atoms with E-state index in [1.54, 1.807) is 0 Å². The topological polar surface area (TPSA) is 40.5 Å². The van der Waals surface area contributed by atoms with Crippen LogP contribution < -0.4 is 0 Å². The Bertz CT molecular complexity index is 272. The van der Waals surface area contributed by atoms with Crippen LogP contribution in [0.25, 0.3) is 0 Å². The van der Waals surface area contributed by atoms with Crippen molar-refractivity contribution in [3.8, 4) is 0 Å². The van der Waals surface area contributed by atoms with E-state index < -0.39 is 11.2 Å². The second kappa shape index (κ2) is 3.91. The van der Waals surface area contributed by atoms with Crippen LogP contribution in [-0.2, 0) is 0 Å². The first-order chi connectivity index (χ1) is 7.06. The molecule has 0 heterocycles. The van der Waals surface area contributed by atoms with Crippen molar-refractivity contribution in [2.75, 3.05) is 0 Å². The highest BCUT2D eigenvalue weighted by Crippen LogP contribution is 2.44. The lowest BCUT2D eigenvalue weighted by Crippen LogP contribution is -2.56. The van der Waals surface area contributed by atoms with E-state index in [4.69, 9.17) is 0 Å². The molecule has 0 amide bonds. The van der Waals surface area contributed by atoms with Gasteiger partial charge in [-0.25, -0.2) is 0 Å². The second-order valence-corrected chi connectivity index (χ2v) is 5.41. The molecular formula is C13H22O2. The Morgan fingerprint density at radius 3 is 2.27 bits per heavy atom. The van der Waals surface area contributed by atoms with E-state index in [9.17, 15) is 10.2 Å². The zero-order valence-corrected chi connectivity index (χ0v) is 9.63. The molecule has 86 valence electrons. The third kappa shape index (κ3) is 1.98. The standard InChI is InChI=1S/C13H22O2/c1-11-6-9-12(14)7-4-2-3-5-8-13(12,15)10-11/h6,14-15H,2-5,7-10H2,1H3/t12-,13+/m0/s1. The highest BCUT2D eigenvalue weighted by molar-refractivity contribution is 5.18. The highest BCUT2D eigenvalue weighted by atomic mass is 16.4. The highest BCUT2D eigenvalue weighted by Gasteiger charge is 2.49. The van der Waals surface area contributed by atoms with Crippen LogP contribution in [0.15, 0.2) is 11.6 Å². The molecule has 2 aliphatic carbocycles. The van der Waals surface area contributed by atoms with Gasteiger partial charge in [0.1, 0.15) is 0 Å². The van der Waals surface area contributed by atoms with Gasteiger partial charge >= 0.3 is 0 Å². The van der Waals surface area contributed by atoms with Gasteiger partial charge in [0, 0.05) is 0 Å². The Morgan fingerprint density at radius 2 is 1.60 bits per heavy atom. The minimum atomic E-state index is -0.855. The van der Waals surface area contributed by atoms with Crippen LogP contribution in [0, 0.1) is 0 Å². The van der Waals surface area contributed by atoms with Crippen LogP contribution in [0.2, 0.25) is 0 Å². The van der Waals surface area contributed by atoms with Crippen molar-refractivity contribution in [1.82, 2.24) is 0 Å². The largest absolute Gasteiger partial charge is 0.387 e. The van der Waals surface area contributed by atoms with Gasteiger partial charge in [0.15, 0.2) is 0 Å². The van der Waals surface area contributed by atoms with Crippen molar-refractivity contribution in [3.05, 3.63) is 11.6 Å². The van der Waals surface area contributed by atoms with Crippen LogP contribution in [0.3, 0.4) is 0 Å². The van der Waals surface area contributed by atoms with Gasteiger partial charge in [-0.2, -0.15) is 0 Å². The number of fused-ring (bicyclic) bond motifs is 1. The summed E-state index contributed by atoms with van der Waals surface area (Å²) in [4.78, 5) is 0. The summed E-state index contributed by atoms with van der Waals surface area (Å²) in [6.07, 6.45) is 9.39. The fourth-order valence-electron chi connectivity index (χ4n) is 3.08. The maximum Gasteiger partial charge on any atom is 0.0973 e. The molecule has 0 spiro atoms. The minimum absolute atomic E-state index is 0.634. The zero-order valence-electron chi connectivity index (χ0n) is 9.63. The third-order valence-corrected chi connectivity index (χ3v) is 4.16. The Hall–Kier alpha value is -0.340. The first-order valence-electron chi connectivity index (χ1n) is 6.16. The quantitative estimate of drug-likeness (QED) is 0.603. The SMILES string of the molecule is CC1=CC[C@@]2(O)CCCCCC[C@@]2(O)C1. The molecule has 0 saturated heterocycles. The molecule has 1 saturated carbocycles. The molecule has 0 aromatic carbocycles. The average Bonchev–Trinajstić information content (AvgIpc) is 2.16. The molecule has 0 aromatic rings. The van der Waals surface area contributed by atoms with E-state index in [2.05, 4.69) is 13.0 Å². The Kier molecular flexibility index (Phi) is 2.91. The van der Waals surface area contributed by atoms with E-state index >= 15 is 0 Å². The first kappa shape index (κ1) is 11.2. The number of hydrogen-bond donors (Lipinski definition) is 2. The van der Waals surface area contributed by atoms with Crippen molar-refractivity contribution in [2.45, 2.75) is 69.5 Å². The second-order valence-electron chi connectivity index (χ2n) is 5.41. The third-order valence-electron chi connectivity index (χ3n) is 4.16. The molecule has 0 bridgehead atoms. The molecule has 1 fully saturated rings. The van der Waals surface area contributed by atoms with Crippen molar-refractivity contribution in [1.29, 1.82) is 0 Å². The van der Waals surface area contributed by atoms with Crippen LogP contribution in [0.4, 0.5) is 0 Å². The summed E-state index contributed by atoms with van der Waals surface area (Å²) < 4.78 is 0. The lowest BCUT2D eigenvalue weighted by molar-refractivity contribution is -0.166. The van der Waals surface area contributed by atoms with Crippen molar-refractivity contribution in [2.24, 2.45) is 0 Å². The molecule has 0 unspecified atom stereocenters. The Labute approximate surface area is 92.0 Å². The Balaban J connectivity index is 2.25. The first-order valence-corrected chi connectivity index (χ1v) is 6.16. The van der Waals surface area contributed by atoms with Gasteiger partial charge < -0.3 is 10.2 Å². The average molecular weight is 210 g/mol. The summed E-state index contributed by atoms with van der Waals surface area (Å²) in [5.41, 5.74) is -0.484. The summed E-state index contributed by atoms with van der Waals surface area (Å²) in [5.74, 6) is 0. The molecule has 2 nitrogen and oxygen atoms in total. The zero-order chi connectivity index (χ0) is 10.9. The number of rotatable bonds is 0. The van der Waals surface area contributed by atoms with Gasteiger partial charge in [0.25, 0.3) is 0 Å². The summed E-state index contributed by atoms with van der Waals surface area (Å²) in [6, 6.07) is 0. The van der Waals surface area contributed by atoms with Gasteiger partial charge in [0.2, 0.25) is 0 Å². The van der Waals surface area contributed by atoms with Crippen molar-refractivity contribution < 1.29 is 10.2 Å². The number of aliphatic hydroxyl groups is 2. The van der Waals surface area contributed by atoms with E-state index in [1.165, 1.54) is 18.4 Å². The number of hydrogen-bond acceptors (Lipinski definition) is 2. The van der Waals surface area contributed by atoms with Gasteiger partial charge in [0.05, 0.1) is 11.2 Å². The van der Waals surface area contributed by atoms with E-state index in [1.807, 2.05) is 0 Å². The molecule has 2 N–H and O–H groups in total. The normalized spacial score (nSPS) is 42.5. The maximum atomic E-state index is 10.6. The lowest BCUT2D eigenvalue weighted by atomic mass is 9.66. The fourth-order valence-corrected chi connectivity index (χ4v) is 3.08. The summed E-state index contributed by atoms with van der Waals surface area (Å²) >= 11 is 0. The lowest BCUT2D eigenvalue weighted by Gasteiger charge is -2.47. The van der Waals surface area contributed by atoms with Gasteiger partial charge in [-0.3, -0.25) is 0 Å². The summed E-state index contributed by atoms with van der Waals surface area (Å²) in [7, 11) is 0. The van der Waals surface area contributed by atoms with E-state index in [0.717, 1.165) is 25.7 Å². The molecule has 0 radical (unpaired) electrons. The monoisotopic (exact) mass is 210 g/mol. The molecule has 2 aliphatic rings. The van der Waals surface area contributed by atoms with Gasteiger partial charge in [-0.05, 0) is 32.6 Å². The van der Waals surface area contributed by atoms with E-state index in [-0.39, 0.29) is 0 Å². The van der Waals surface area contributed by atoms with Crippen LogP contribution in [0.1, 0.15) is 58.3 Å². The maximum absolute atomic E-state index is 10.6. The smallest absolute Gasteiger partial charge is 0.0973 e. The molecule has 0 aliphatic heterocycles. The predicted octanol–water partition coefficient (Wildman–Crippen LogP) is 2.54. The van der Waals surface area contributed by atoms with Crippen LogP contribution in [0.5, 0.6) is 0 Å². The van der Waals surface area contributed by atoms with Crippen LogP contribution in [-0.4, -0.2) is 21.4 Å². The molecule has 2 atom stereocenters. The molecule has 2 rings (SSSR count). The summed E-state index contributed by atoms with van der Waals surface area (Å²) in [6.45, 7) is 2.05. The van der Waals surface area contributed by atoms with Crippen LogP contribution >= 0.6 is 0 Å². The Morgan fingerprint density at radius 1 is 1.00 bits per heavy atom. The fraction of sp³-hybridized carbons (Fsp3) is 0.846. The van der Waals surface area contributed by atoms with Gasteiger partial charge in [-0.1, -0.05) is 37.3 Å². The molecule has 0 aromatic heterocycles. The predicted molar refractivity (Wildman–Crippen MR) is 60.6 cm³/mol. The molecular weight excluding hydrogens is 188 g/mol. The minimum Gasteiger partial charge on any atom is -0.387 e. The van der Waals surface area contributed by atoms with Crippen molar-refractivity contribution in [3.63, 3.8) is 0 Å². The molecule has 2 heteroatoms. The van der Waals surface area contributed by atoms with Crippen molar-refractivity contribution >= 4 is 0 Å². The van der Waals surface area contributed by atoms with Gasteiger partial charge in [-0.15, -0.1) is 0 Å². The summed E-state index contributed by atoms with van der Waals surface area (Å²) in [5, 5.41) is 21.2. The van der Waals surface area contributed by atoms with E-state index in [0.29, 0.717) is 12.8 Å². The molecule has 15 heavy (non-hydrogen) atoms.